The highest BCUT2D eigenvalue weighted by Gasteiger charge is 2.61. The van der Waals surface area contributed by atoms with E-state index in [9.17, 15) is 14.3 Å². The van der Waals surface area contributed by atoms with Crippen LogP contribution in [0.4, 0.5) is 4.39 Å². The maximum Gasteiger partial charge on any atom is 0.250 e. The molecule has 5 nitrogen and oxygen atoms in total. The largest absolute Gasteiger partial charge is 0.389 e. The van der Waals surface area contributed by atoms with E-state index in [4.69, 9.17) is 4.98 Å². The van der Waals surface area contributed by atoms with Crippen LogP contribution in [0.5, 0.6) is 0 Å². The Kier molecular flexibility index (Phi) is 4.57. The molecular weight excluding hydrogens is 429 g/mol. The van der Waals surface area contributed by atoms with Crippen LogP contribution in [-0.4, -0.2) is 20.3 Å². The fraction of sp³-hybridized carbons (Fsp3) is 0.286. The highest BCUT2D eigenvalue weighted by atomic mass is 19.1. The van der Waals surface area contributed by atoms with E-state index < -0.39 is 5.60 Å². The summed E-state index contributed by atoms with van der Waals surface area (Å²) in [6, 6.07) is 19.8. The van der Waals surface area contributed by atoms with E-state index in [0.29, 0.717) is 46.6 Å². The lowest BCUT2D eigenvalue weighted by Crippen LogP contribution is -2.80. The highest BCUT2D eigenvalue weighted by Crippen LogP contribution is 2.56. The summed E-state index contributed by atoms with van der Waals surface area (Å²) in [7, 11) is 1.70. The molecule has 6 rings (SSSR count). The lowest BCUT2D eigenvalue weighted by Gasteiger charge is -2.49. The van der Waals surface area contributed by atoms with Gasteiger partial charge in [-0.25, -0.2) is 9.37 Å². The summed E-state index contributed by atoms with van der Waals surface area (Å²) in [5, 5.41) is 10.8. The number of aromatic nitrogens is 2. The number of nitrogens with zero attached hydrogens (tertiary/aromatic N) is 2. The summed E-state index contributed by atoms with van der Waals surface area (Å²) in [5.41, 5.74) is 8.46. The second-order valence-electron chi connectivity index (χ2n) is 10.1. The van der Waals surface area contributed by atoms with E-state index in [2.05, 4.69) is 5.73 Å². The number of hydrogen-bond acceptors (Lipinski definition) is 3. The van der Waals surface area contributed by atoms with Gasteiger partial charge in [0, 0.05) is 48.2 Å². The molecule has 0 spiro atoms. The molecule has 2 aromatic heterocycles. The monoisotopic (exact) mass is 456 g/mol. The fourth-order valence-electron chi connectivity index (χ4n) is 5.61. The smallest absolute Gasteiger partial charge is 0.250 e. The Hall–Kier alpha value is -3.35. The van der Waals surface area contributed by atoms with Crippen molar-refractivity contribution in [2.45, 2.75) is 36.8 Å². The lowest BCUT2D eigenvalue weighted by molar-refractivity contribution is -0.531. The third kappa shape index (κ3) is 3.29. The van der Waals surface area contributed by atoms with Crippen LogP contribution >= 0.6 is 0 Å². The van der Waals surface area contributed by atoms with Crippen molar-refractivity contribution in [3.63, 3.8) is 0 Å². The maximum absolute atomic E-state index is 14.8. The van der Waals surface area contributed by atoms with Crippen LogP contribution in [0.2, 0.25) is 0 Å². The maximum atomic E-state index is 14.8. The molecule has 2 saturated carbocycles. The van der Waals surface area contributed by atoms with Gasteiger partial charge in [0.25, 0.3) is 5.56 Å². The Balaban J connectivity index is 1.45. The van der Waals surface area contributed by atoms with Gasteiger partial charge >= 0.3 is 0 Å². The molecular formula is C28H27FN3O2+. The van der Waals surface area contributed by atoms with Gasteiger partial charge in [0.2, 0.25) is 0 Å². The molecule has 0 bridgehead atoms. The van der Waals surface area contributed by atoms with Crippen molar-refractivity contribution < 1.29 is 15.2 Å². The molecule has 2 aliphatic carbocycles. The Morgan fingerprint density at radius 3 is 2.41 bits per heavy atom. The minimum Gasteiger partial charge on any atom is -0.389 e. The van der Waals surface area contributed by atoms with Gasteiger partial charge in [0.1, 0.15) is 11.4 Å². The number of pyridine rings is 2. The molecule has 34 heavy (non-hydrogen) atoms. The Bertz CT molecular complexity index is 1480. The van der Waals surface area contributed by atoms with Gasteiger partial charge in [0.05, 0.1) is 22.3 Å². The third-order valence-electron chi connectivity index (χ3n) is 7.67. The van der Waals surface area contributed by atoms with E-state index in [0.717, 1.165) is 24.0 Å². The number of quaternary nitrogens is 1. The van der Waals surface area contributed by atoms with Crippen LogP contribution in [0.1, 0.15) is 31.2 Å². The van der Waals surface area contributed by atoms with Gasteiger partial charge in [0.15, 0.2) is 0 Å². The van der Waals surface area contributed by atoms with Crippen LogP contribution in [0.25, 0.3) is 33.4 Å². The molecule has 0 amide bonds. The second kappa shape index (κ2) is 7.32. The molecule has 0 aliphatic heterocycles. The van der Waals surface area contributed by atoms with Gasteiger partial charge in [-0.05, 0) is 37.0 Å². The Morgan fingerprint density at radius 2 is 1.74 bits per heavy atom. The molecule has 2 aliphatic rings. The van der Waals surface area contributed by atoms with E-state index >= 15 is 0 Å². The van der Waals surface area contributed by atoms with Gasteiger partial charge < -0.3 is 15.4 Å². The number of aliphatic hydroxyl groups is 1. The molecule has 0 atom stereocenters. The third-order valence-corrected chi connectivity index (χ3v) is 7.67. The van der Waals surface area contributed by atoms with E-state index in [1.807, 2.05) is 30.3 Å². The predicted molar refractivity (Wildman–Crippen MR) is 129 cm³/mol. The topological polar surface area (TPSA) is 82.8 Å². The molecule has 0 unspecified atom stereocenters. The summed E-state index contributed by atoms with van der Waals surface area (Å²) >= 11 is 0. The molecule has 0 saturated heterocycles. The SMILES string of the molecule is Cn1c(=O)ccc2nc(-c3ccc(C4([NH3+])CC(O)(C5CC5)C4)cc3)c(-c3ccccc3F)cc21. The molecule has 172 valence electrons. The normalized spacial score (nSPS) is 24.2. The summed E-state index contributed by atoms with van der Waals surface area (Å²) in [6.07, 6.45) is 3.60. The fourth-order valence-corrected chi connectivity index (χ4v) is 5.61. The average molecular weight is 457 g/mol. The number of aryl methyl sites for hydroxylation is 1. The first-order chi connectivity index (χ1) is 16.3. The van der Waals surface area contributed by atoms with Crippen LogP contribution in [0.3, 0.4) is 0 Å². The quantitative estimate of drug-likeness (QED) is 0.490. The zero-order valence-electron chi connectivity index (χ0n) is 19.1. The molecule has 2 aromatic carbocycles. The molecule has 2 fully saturated rings. The van der Waals surface area contributed by atoms with Crippen LogP contribution in [0.15, 0.2) is 71.5 Å². The number of rotatable bonds is 4. The number of fused-ring (bicyclic) bond motifs is 1. The zero-order valence-corrected chi connectivity index (χ0v) is 19.1. The summed E-state index contributed by atoms with van der Waals surface area (Å²) in [4.78, 5) is 17.1. The summed E-state index contributed by atoms with van der Waals surface area (Å²) in [5.74, 6) is 0.0933. The second-order valence-corrected chi connectivity index (χ2v) is 10.1. The highest BCUT2D eigenvalue weighted by molar-refractivity contribution is 5.90. The first kappa shape index (κ1) is 21.2. The molecule has 2 heterocycles. The zero-order chi connectivity index (χ0) is 23.7. The number of hydrogen-bond donors (Lipinski definition) is 2. The molecule has 0 radical (unpaired) electrons. The average Bonchev–Trinajstić information content (AvgIpc) is 3.67. The first-order valence-electron chi connectivity index (χ1n) is 11.7. The van der Waals surface area contributed by atoms with Crippen molar-refractivity contribution in [3.8, 4) is 22.4 Å². The van der Waals surface area contributed by atoms with Crippen molar-refractivity contribution in [2.75, 3.05) is 0 Å². The summed E-state index contributed by atoms with van der Waals surface area (Å²) in [6.45, 7) is 0. The van der Waals surface area contributed by atoms with Gasteiger partial charge in [-0.3, -0.25) is 4.79 Å². The molecule has 4 aromatic rings. The minimum atomic E-state index is -0.561. The standard InChI is InChI=1S/C28H26FN3O2/c1-32-24-14-21(20-4-2-3-5-22(20)29)26(31-23(24)12-13-25(32)33)17-6-8-18(9-7-17)27(30)15-28(34,16-27)19-10-11-19/h2-9,12-14,19,34H,10-11,15-16,30H2,1H3/p+1. The Labute approximate surface area is 196 Å². The van der Waals surface area contributed by atoms with Crippen molar-refractivity contribution in [1.29, 1.82) is 0 Å². The van der Waals surface area contributed by atoms with E-state index in [-0.39, 0.29) is 16.9 Å². The summed E-state index contributed by atoms with van der Waals surface area (Å²) < 4.78 is 16.4. The lowest BCUT2D eigenvalue weighted by atomic mass is 9.60. The Morgan fingerprint density at radius 1 is 1.03 bits per heavy atom. The van der Waals surface area contributed by atoms with Gasteiger partial charge in [-0.2, -0.15) is 0 Å². The van der Waals surface area contributed by atoms with Crippen LogP contribution in [0, 0.1) is 11.7 Å². The van der Waals surface area contributed by atoms with Crippen molar-refractivity contribution >= 4 is 11.0 Å². The van der Waals surface area contributed by atoms with E-state index in [1.165, 1.54) is 16.7 Å². The predicted octanol–water partition coefficient (Wildman–Crippen LogP) is 3.78. The van der Waals surface area contributed by atoms with Crippen molar-refractivity contribution in [2.24, 2.45) is 13.0 Å². The van der Waals surface area contributed by atoms with Gasteiger partial charge in [-0.1, -0.05) is 42.5 Å². The van der Waals surface area contributed by atoms with Crippen molar-refractivity contribution in [1.82, 2.24) is 9.55 Å². The number of benzene rings is 2. The van der Waals surface area contributed by atoms with Crippen LogP contribution in [-0.2, 0) is 12.6 Å². The van der Waals surface area contributed by atoms with Gasteiger partial charge in [-0.15, -0.1) is 0 Å². The minimum absolute atomic E-state index is 0.140. The molecule has 6 heteroatoms. The number of halogens is 1. The van der Waals surface area contributed by atoms with E-state index in [1.54, 1.807) is 31.3 Å². The van der Waals surface area contributed by atoms with Crippen LogP contribution < -0.4 is 11.3 Å². The first-order valence-corrected chi connectivity index (χ1v) is 11.7. The molecule has 4 N–H and O–H groups in total. The van der Waals surface area contributed by atoms with Crippen molar-refractivity contribution in [3.05, 3.63) is 88.5 Å².